The van der Waals surface area contributed by atoms with Crippen LogP contribution in [0.2, 0.25) is 0 Å². The van der Waals surface area contributed by atoms with Gasteiger partial charge in [0.2, 0.25) is 0 Å². The molecular formula is C11H12N2O. The second-order valence-corrected chi connectivity index (χ2v) is 3.28. The number of hydrogen-bond acceptors (Lipinski definition) is 2. The maximum Gasteiger partial charge on any atom is 0.121 e. The third-order valence-electron chi connectivity index (χ3n) is 2.30. The maximum absolute atomic E-state index is 10.3. The van der Waals surface area contributed by atoms with E-state index < -0.39 is 0 Å². The highest BCUT2D eigenvalue weighted by atomic mass is 16.1. The quantitative estimate of drug-likeness (QED) is 0.690. The Labute approximate surface area is 82.3 Å². The lowest BCUT2D eigenvalue weighted by atomic mass is 10.2. The Morgan fingerprint density at radius 3 is 3.00 bits per heavy atom. The molecule has 72 valence electrons. The smallest absolute Gasteiger partial charge is 0.121 e. The van der Waals surface area contributed by atoms with Crippen LogP contribution in [-0.4, -0.2) is 16.1 Å². The van der Waals surface area contributed by atoms with Crippen LogP contribution in [0.5, 0.6) is 0 Å². The Kier molecular flexibility index (Phi) is 2.31. The molecule has 2 rings (SSSR count). The predicted octanol–water partition coefficient (Wildman–Crippen LogP) is 1.93. The molecule has 0 aliphatic rings. The number of nitrogens with zero attached hydrogens (tertiary/aromatic N) is 2. The van der Waals surface area contributed by atoms with Crippen LogP contribution in [0.3, 0.4) is 0 Å². The van der Waals surface area contributed by atoms with Crippen molar-refractivity contribution in [3.63, 3.8) is 0 Å². The highest BCUT2D eigenvalue weighted by Gasteiger charge is 2.04. The Balaban J connectivity index is 2.49. The van der Waals surface area contributed by atoms with E-state index in [0.717, 1.165) is 17.5 Å². The van der Waals surface area contributed by atoms with Gasteiger partial charge in [-0.2, -0.15) is 5.10 Å². The molecule has 0 aliphatic heterocycles. The van der Waals surface area contributed by atoms with Gasteiger partial charge in [0.15, 0.2) is 0 Å². The van der Waals surface area contributed by atoms with Gasteiger partial charge in [-0.1, -0.05) is 18.2 Å². The zero-order chi connectivity index (χ0) is 9.97. The molecule has 0 N–H and O–H groups in total. The highest BCUT2D eigenvalue weighted by Crippen LogP contribution is 2.17. The summed E-state index contributed by atoms with van der Waals surface area (Å²) in [6.45, 7) is 2.65. The van der Waals surface area contributed by atoms with Crippen molar-refractivity contribution in [3.8, 4) is 0 Å². The molecule has 2 aromatic rings. The minimum Gasteiger partial charge on any atom is -0.303 e. The lowest BCUT2D eigenvalue weighted by molar-refractivity contribution is -0.108. The summed E-state index contributed by atoms with van der Waals surface area (Å²) in [4.78, 5) is 10.3. The first kappa shape index (κ1) is 8.94. The number of hydrogen-bond donors (Lipinski definition) is 0. The maximum atomic E-state index is 10.3. The summed E-state index contributed by atoms with van der Waals surface area (Å²) in [5.41, 5.74) is 2.12. The van der Waals surface area contributed by atoms with Crippen molar-refractivity contribution in [3.05, 3.63) is 30.0 Å². The molecule has 0 saturated heterocycles. The summed E-state index contributed by atoms with van der Waals surface area (Å²) < 4.78 is 1.89. The minimum atomic E-state index is 0.519. The van der Waals surface area contributed by atoms with Crippen LogP contribution in [-0.2, 0) is 11.3 Å². The first-order valence-corrected chi connectivity index (χ1v) is 4.68. The van der Waals surface area contributed by atoms with Gasteiger partial charge in [0, 0.05) is 18.4 Å². The molecule has 1 aromatic carbocycles. The summed E-state index contributed by atoms with van der Waals surface area (Å²) in [6, 6.07) is 8.07. The average Bonchev–Trinajstić information content (AvgIpc) is 2.54. The summed E-state index contributed by atoms with van der Waals surface area (Å²) in [7, 11) is 0. The van der Waals surface area contributed by atoms with Gasteiger partial charge in [-0.15, -0.1) is 0 Å². The monoisotopic (exact) mass is 188 g/mol. The van der Waals surface area contributed by atoms with Crippen LogP contribution in [0, 0.1) is 6.92 Å². The topological polar surface area (TPSA) is 34.9 Å². The van der Waals surface area contributed by atoms with E-state index >= 15 is 0 Å². The molecule has 14 heavy (non-hydrogen) atoms. The van der Waals surface area contributed by atoms with Crippen molar-refractivity contribution < 1.29 is 4.79 Å². The molecule has 0 fully saturated rings. The Morgan fingerprint density at radius 1 is 1.43 bits per heavy atom. The van der Waals surface area contributed by atoms with Gasteiger partial charge in [-0.05, 0) is 13.0 Å². The van der Waals surface area contributed by atoms with Crippen molar-refractivity contribution in [2.45, 2.75) is 19.9 Å². The van der Waals surface area contributed by atoms with Crippen molar-refractivity contribution in [1.82, 2.24) is 9.78 Å². The fourth-order valence-electron chi connectivity index (χ4n) is 1.64. The number of carbonyl (C=O) groups excluding carboxylic acids is 1. The third kappa shape index (κ3) is 1.41. The molecule has 0 aliphatic carbocycles. The van der Waals surface area contributed by atoms with E-state index in [9.17, 15) is 4.79 Å². The number of carbonyl (C=O) groups is 1. The number of benzene rings is 1. The molecule has 0 bridgehead atoms. The summed E-state index contributed by atoms with van der Waals surface area (Å²) in [5, 5.41) is 5.55. The largest absolute Gasteiger partial charge is 0.303 e. The van der Waals surface area contributed by atoms with Crippen LogP contribution >= 0.6 is 0 Å². The standard InChI is InChI=1S/C11H12N2O/c1-9-10-5-2-3-6-11(10)13(12-9)7-4-8-14/h2-3,5-6,8H,4,7H2,1H3. The van der Waals surface area contributed by atoms with Crippen LogP contribution in [0.15, 0.2) is 24.3 Å². The first-order chi connectivity index (χ1) is 6.83. The van der Waals surface area contributed by atoms with Crippen molar-refractivity contribution in [1.29, 1.82) is 0 Å². The molecule has 0 spiro atoms. The van der Waals surface area contributed by atoms with Gasteiger partial charge in [0.1, 0.15) is 6.29 Å². The summed E-state index contributed by atoms with van der Waals surface area (Å²) in [6.07, 6.45) is 1.44. The zero-order valence-corrected chi connectivity index (χ0v) is 8.10. The van der Waals surface area contributed by atoms with Crippen LogP contribution in [0.25, 0.3) is 10.9 Å². The van der Waals surface area contributed by atoms with E-state index in [4.69, 9.17) is 0 Å². The van der Waals surface area contributed by atoms with Gasteiger partial charge in [-0.3, -0.25) is 4.68 Å². The SMILES string of the molecule is Cc1nn(CCC=O)c2ccccc12. The molecule has 1 aromatic heterocycles. The van der Waals surface area contributed by atoms with E-state index in [2.05, 4.69) is 11.2 Å². The van der Waals surface area contributed by atoms with E-state index in [1.54, 1.807) is 0 Å². The predicted molar refractivity (Wildman–Crippen MR) is 55.2 cm³/mol. The number of aryl methyl sites for hydroxylation is 2. The number of rotatable bonds is 3. The van der Waals surface area contributed by atoms with Gasteiger partial charge >= 0.3 is 0 Å². The fraction of sp³-hybridized carbons (Fsp3) is 0.273. The van der Waals surface area contributed by atoms with E-state index in [1.807, 2.05) is 29.8 Å². The highest BCUT2D eigenvalue weighted by molar-refractivity contribution is 5.81. The van der Waals surface area contributed by atoms with Crippen molar-refractivity contribution in [2.24, 2.45) is 0 Å². The van der Waals surface area contributed by atoms with Crippen LogP contribution < -0.4 is 0 Å². The second-order valence-electron chi connectivity index (χ2n) is 3.28. The molecule has 3 heteroatoms. The molecule has 0 saturated carbocycles. The van der Waals surface area contributed by atoms with Crippen LogP contribution in [0.1, 0.15) is 12.1 Å². The Bertz CT molecular complexity index is 459. The Hall–Kier alpha value is -1.64. The lowest BCUT2D eigenvalue weighted by Gasteiger charge is -1.98. The molecule has 3 nitrogen and oxygen atoms in total. The van der Waals surface area contributed by atoms with Gasteiger partial charge in [0.05, 0.1) is 11.2 Å². The van der Waals surface area contributed by atoms with E-state index in [-0.39, 0.29) is 0 Å². The van der Waals surface area contributed by atoms with Gasteiger partial charge in [0.25, 0.3) is 0 Å². The zero-order valence-electron chi connectivity index (χ0n) is 8.10. The first-order valence-electron chi connectivity index (χ1n) is 4.68. The van der Waals surface area contributed by atoms with E-state index in [1.165, 1.54) is 5.39 Å². The number of aromatic nitrogens is 2. The summed E-state index contributed by atoms with van der Waals surface area (Å²) >= 11 is 0. The van der Waals surface area contributed by atoms with Gasteiger partial charge in [-0.25, -0.2) is 0 Å². The van der Waals surface area contributed by atoms with Crippen LogP contribution in [0.4, 0.5) is 0 Å². The number of para-hydroxylation sites is 1. The summed E-state index contributed by atoms with van der Waals surface area (Å²) in [5.74, 6) is 0. The van der Waals surface area contributed by atoms with Crippen molar-refractivity contribution in [2.75, 3.05) is 0 Å². The molecule has 0 radical (unpaired) electrons. The number of aldehydes is 1. The second kappa shape index (κ2) is 3.62. The van der Waals surface area contributed by atoms with Crippen molar-refractivity contribution >= 4 is 17.2 Å². The third-order valence-corrected chi connectivity index (χ3v) is 2.30. The molecular weight excluding hydrogens is 176 g/mol. The molecule has 0 unspecified atom stereocenters. The molecule has 1 heterocycles. The average molecular weight is 188 g/mol. The lowest BCUT2D eigenvalue weighted by Crippen LogP contribution is -2.00. The minimum absolute atomic E-state index is 0.519. The normalized spacial score (nSPS) is 10.6. The van der Waals surface area contributed by atoms with E-state index in [0.29, 0.717) is 13.0 Å². The molecule has 0 atom stereocenters. The fourth-order valence-corrected chi connectivity index (χ4v) is 1.64. The van der Waals surface area contributed by atoms with Gasteiger partial charge < -0.3 is 4.79 Å². The molecule has 0 amide bonds. The Morgan fingerprint density at radius 2 is 2.21 bits per heavy atom. The number of fused-ring (bicyclic) bond motifs is 1.